The van der Waals surface area contributed by atoms with E-state index in [1.165, 1.54) is 22.4 Å². The second kappa shape index (κ2) is 8.75. The van der Waals surface area contributed by atoms with Crippen LogP contribution in [0.2, 0.25) is 0 Å². The minimum Gasteiger partial charge on any atom is -0.497 e. The molecule has 0 unspecified atom stereocenters. The molecule has 0 N–H and O–H groups in total. The topological polar surface area (TPSA) is 26.6 Å². The Morgan fingerprint density at radius 2 is 1.79 bits per heavy atom. The molecule has 152 valence electrons. The van der Waals surface area contributed by atoms with Gasteiger partial charge in [0.2, 0.25) is 0 Å². The molecule has 4 nitrogen and oxygen atoms in total. The van der Waals surface area contributed by atoms with E-state index in [4.69, 9.17) is 9.47 Å². The number of methoxy groups -OCH3 is 2. The van der Waals surface area contributed by atoms with E-state index in [1.54, 1.807) is 14.2 Å². The van der Waals surface area contributed by atoms with Crippen LogP contribution in [0.1, 0.15) is 41.8 Å². The zero-order valence-electron chi connectivity index (χ0n) is 17.6. The van der Waals surface area contributed by atoms with Crippen molar-refractivity contribution in [2.45, 2.75) is 38.9 Å². The second-order valence-electron chi connectivity index (χ2n) is 7.63. The van der Waals surface area contributed by atoms with Crippen LogP contribution in [0.4, 0.5) is 0 Å². The lowest BCUT2D eigenvalue weighted by molar-refractivity contribution is 0.217. The minimum absolute atomic E-state index is 0.227. The highest BCUT2D eigenvalue weighted by molar-refractivity contribution is 5.41. The Bertz CT molecular complexity index is 946. The molecule has 4 heteroatoms. The molecule has 0 saturated carbocycles. The summed E-state index contributed by atoms with van der Waals surface area (Å²) in [6, 6.07) is 19.9. The van der Waals surface area contributed by atoms with Crippen LogP contribution in [0.5, 0.6) is 11.5 Å². The van der Waals surface area contributed by atoms with Gasteiger partial charge in [-0.3, -0.25) is 4.90 Å². The molecular formula is C25H30N2O2. The predicted molar refractivity (Wildman–Crippen MR) is 117 cm³/mol. The Balaban J connectivity index is 1.72. The summed E-state index contributed by atoms with van der Waals surface area (Å²) in [6.45, 7) is 5.13. The van der Waals surface area contributed by atoms with Gasteiger partial charge in [-0.25, -0.2) is 0 Å². The molecule has 0 fully saturated rings. The molecule has 1 aliphatic heterocycles. The third-order valence-corrected chi connectivity index (χ3v) is 5.93. The lowest BCUT2D eigenvalue weighted by atomic mass is 9.99. The fraction of sp³-hybridized carbons (Fsp3) is 0.360. The third kappa shape index (κ3) is 4.03. The van der Waals surface area contributed by atoms with Gasteiger partial charge < -0.3 is 14.0 Å². The number of aromatic nitrogens is 1. The van der Waals surface area contributed by atoms with Crippen molar-refractivity contribution in [2.24, 2.45) is 0 Å². The Labute approximate surface area is 173 Å². The van der Waals surface area contributed by atoms with E-state index in [0.717, 1.165) is 44.0 Å². The highest BCUT2D eigenvalue weighted by atomic mass is 16.5. The molecule has 0 saturated heterocycles. The van der Waals surface area contributed by atoms with E-state index in [2.05, 4.69) is 65.1 Å². The van der Waals surface area contributed by atoms with Gasteiger partial charge >= 0.3 is 0 Å². The van der Waals surface area contributed by atoms with E-state index in [1.807, 2.05) is 12.1 Å². The molecular weight excluding hydrogens is 360 g/mol. The highest BCUT2D eigenvalue weighted by Crippen LogP contribution is 2.35. The minimum atomic E-state index is 0.227. The summed E-state index contributed by atoms with van der Waals surface area (Å²) in [4.78, 5) is 2.57. The number of aryl methyl sites for hydroxylation is 2. The van der Waals surface area contributed by atoms with Crippen molar-refractivity contribution in [3.8, 4) is 11.5 Å². The lowest BCUT2D eigenvalue weighted by Crippen LogP contribution is -2.29. The molecule has 1 aromatic heterocycles. The van der Waals surface area contributed by atoms with Crippen LogP contribution in [0, 0.1) is 0 Å². The van der Waals surface area contributed by atoms with Crippen LogP contribution in [0.3, 0.4) is 0 Å². The molecule has 4 rings (SSSR count). The van der Waals surface area contributed by atoms with Gasteiger partial charge in [0, 0.05) is 43.2 Å². The van der Waals surface area contributed by atoms with Crippen LogP contribution < -0.4 is 9.47 Å². The first-order valence-electron chi connectivity index (χ1n) is 10.4. The molecule has 2 heterocycles. The number of benzene rings is 2. The average molecular weight is 391 g/mol. The Morgan fingerprint density at radius 3 is 2.52 bits per heavy atom. The number of ether oxygens (including phenoxy) is 2. The first-order chi connectivity index (χ1) is 14.2. The summed E-state index contributed by atoms with van der Waals surface area (Å²) in [5.74, 6) is 1.70. The third-order valence-electron chi connectivity index (χ3n) is 5.93. The van der Waals surface area contributed by atoms with Gasteiger partial charge in [0.1, 0.15) is 11.5 Å². The smallest absolute Gasteiger partial charge is 0.127 e. The van der Waals surface area contributed by atoms with Gasteiger partial charge in [-0.1, -0.05) is 37.3 Å². The SMILES string of the molecule is CCc1ccc([C@H]2c3cccn3CCCN2Cc2ccc(OC)cc2OC)cc1. The molecule has 3 aromatic rings. The van der Waals surface area contributed by atoms with E-state index in [0.29, 0.717) is 0 Å². The maximum absolute atomic E-state index is 5.67. The average Bonchev–Trinajstić information content (AvgIpc) is 3.15. The van der Waals surface area contributed by atoms with E-state index in [9.17, 15) is 0 Å². The number of hydrogen-bond acceptors (Lipinski definition) is 3. The standard InChI is InChI=1S/C25H30N2O2/c1-4-19-8-10-20(11-9-19)25-23-7-5-14-26(23)15-6-16-27(25)18-21-12-13-22(28-2)17-24(21)29-3/h5,7-14,17,25H,4,6,15-16,18H2,1-3H3/t25-/m0/s1. The molecule has 0 bridgehead atoms. The number of rotatable bonds is 6. The summed E-state index contributed by atoms with van der Waals surface area (Å²) >= 11 is 0. The van der Waals surface area contributed by atoms with Crippen molar-refractivity contribution in [3.63, 3.8) is 0 Å². The molecule has 1 atom stereocenters. The van der Waals surface area contributed by atoms with Crippen LogP contribution in [0.25, 0.3) is 0 Å². The molecule has 0 amide bonds. The Morgan fingerprint density at radius 1 is 0.966 bits per heavy atom. The normalized spacial score (nSPS) is 16.9. The maximum atomic E-state index is 5.67. The van der Waals surface area contributed by atoms with Gasteiger partial charge in [0.05, 0.1) is 20.3 Å². The quantitative estimate of drug-likeness (QED) is 0.588. The van der Waals surface area contributed by atoms with Crippen molar-refractivity contribution >= 4 is 0 Å². The Hall–Kier alpha value is -2.72. The van der Waals surface area contributed by atoms with Crippen molar-refractivity contribution in [1.29, 1.82) is 0 Å². The fourth-order valence-electron chi connectivity index (χ4n) is 4.33. The van der Waals surface area contributed by atoms with E-state index < -0.39 is 0 Å². The van der Waals surface area contributed by atoms with Crippen LogP contribution >= 0.6 is 0 Å². The van der Waals surface area contributed by atoms with Crippen molar-refractivity contribution in [1.82, 2.24) is 9.47 Å². The van der Waals surface area contributed by atoms with E-state index >= 15 is 0 Å². The zero-order chi connectivity index (χ0) is 20.2. The van der Waals surface area contributed by atoms with Gasteiger partial charge in [-0.15, -0.1) is 0 Å². The second-order valence-corrected chi connectivity index (χ2v) is 7.63. The Kier molecular flexibility index (Phi) is 5.91. The molecule has 0 radical (unpaired) electrons. The van der Waals surface area contributed by atoms with Gasteiger partial charge in [0.25, 0.3) is 0 Å². The molecule has 29 heavy (non-hydrogen) atoms. The molecule has 2 aromatic carbocycles. The molecule has 0 spiro atoms. The lowest BCUT2D eigenvalue weighted by Gasteiger charge is -2.31. The van der Waals surface area contributed by atoms with Crippen molar-refractivity contribution < 1.29 is 9.47 Å². The first-order valence-corrected chi connectivity index (χ1v) is 10.4. The van der Waals surface area contributed by atoms with Gasteiger partial charge in [0.15, 0.2) is 0 Å². The monoisotopic (exact) mass is 390 g/mol. The highest BCUT2D eigenvalue weighted by Gasteiger charge is 2.28. The van der Waals surface area contributed by atoms with Gasteiger partial charge in [-0.05, 0) is 42.2 Å². The zero-order valence-corrected chi connectivity index (χ0v) is 17.6. The molecule has 0 aliphatic carbocycles. The summed E-state index contributed by atoms with van der Waals surface area (Å²) in [7, 11) is 3.42. The van der Waals surface area contributed by atoms with Crippen LogP contribution in [-0.4, -0.2) is 30.2 Å². The molecule has 1 aliphatic rings. The summed E-state index contributed by atoms with van der Waals surface area (Å²) in [6.07, 6.45) is 4.40. The fourth-order valence-corrected chi connectivity index (χ4v) is 4.33. The number of fused-ring (bicyclic) bond motifs is 1. The number of nitrogens with zero attached hydrogens (tertiary/aromatic N) is 2. The first kappa shape index (κ1) is 19.6. The van der Waals surface area contributed by atoms with Crippen LogP contribution in [-0.2, 0) is 19.5 Å². The van der Waals surface area contributed by atoms with Crippen molar-refractivity contribution in [2.75, 3.05) is 20.8 Å². The predicted octanol–water partition coefficient (Wildman–Crippen LogP) is 5.06. The largest absolute Gasteiger partial charge is 0.497 e. The van der Waals surface area contributed by atoms with Crippen molar-refractivity contribution in [3.05, 3.63) is 83.2 Å². The summed E-state index contributed by atoms with van der Waals surface area (Å²) in [5.41, 5.74) is 5.26. The summed E-state index contributed by atoms with van der Waals surface area (Å²) in [5, 5.41) is 0. The van der Waals surface area contributed by atoms with E-state index in [-0.39, 0.29) is 6.04 Å². The number of hydrogen-bond donors (Lipinski definition) is 0. The summed E-state index contributed by atoms with van der Waals surface area (Å²) < 4.78 is 13.5. The van der Waals surface area contributed by atoms with Crippen LogP contribution in [0.15, 0.2) is 60.8 Å². The van der Waals surface area contributed by atoms with Gasteiger partial charge in [-0.2, -0.15) is 0 Å². The maximum Gasteiger partial charge on any atom is 0.127 e.